The van der Waals surface area contributed by atoms with E-state index < -0.39 is 0 Å². The van der Waals surface area contributed by atoms with Crippen molar-refractivity contribution in [2.75, 3.05) is 6.54 Å². The van der Waals surface area contributed by atoms with Crippen molar-refractivity contribution in [2.45, 2.75) is 38.1 Å². The third kappa shape index (κ3) is 2.23. The summed E-state index contributed by atoms with van der Waals surface area (Å²) >= 11 is 0. The van der Waals surface area contributed by atoms with Crippen LogP contribution in [0.2, 0.25) is 0 Å². The number of amides is 2. The summed E-state index contributed by atoms with van der Waals surface area (Å²) in [5.41, 5.74) is 8.40. The zero-order valence-corrected chi connectivity index (χ0v) is 11.2. The highest BCUT2D eigenvalue weighted by molar-refractivity contribution is 6.03. The van der Waals surface area contributed by atoms with Crippen molar-refractivity contribution in [1.29, 1.82) is 0 Å². The first-order valence-corrected chi connectivity index (χ1v) is 6.95. The Morgan fingerprint density at radius 2 is 2.11 bits per heavy atom. The van der Waals surface area contributed by atoms with E-state index in [0.717, 1.165) is 12.0 Å². The standard InChI is InChI=1S/C15H19N3O/c1-2-8-18-13(14(16)17-15(18)19)12-5-3-4-11(9-12)10-6-7-10/h3-5,9-10,13H,2,6-8H2,1H3,(H2,16,17,19). The van der Waals surface area contributed by atoms with Crippen LogP contribution in [0.4, 0.5) is 4.79 Å². The van der Waals surface area contributed by atoms with Gasteiger partial charge < -0.3 is 10.6 Å². The molecule has 0 bridgehead atoms. The summed E-state index contributed by atoms with van der Waals surface area (Å²) in [6.07, 6.45) is 3.46. The first kappa shape index (κ1) is 12.2. The molecular formula is C15H19N3O. The van der Waals surface area contributed by atoms with Gasteiger partial charge in [-0.2, -0.15) is 4.99 Å². The zero-order chi connectivity index (χ0) is 13.4. The van der Waals surface area contributed by atoms with Crippen LogP contribution in [0.15, 0.2) is 29.3 Å². The van der Waals surface area contributed by atoms with Gasteiger partial charge in [-0.25, -0.2) is 4.79 Å². The van der Waals surface area contributed by atoms with Gasteiger partial charge in [0.25, 0.3) is 0 Å². The van der Waals surface area contributed by atoms with Gasteiger partial charge in [0.05, 0.1) is 0 Å². The molecule has 1 aliphatic carbocycles. The Kier molecular flexibility index (Phi) is 3.01. The van der Waals surface area contributed by atoms with E-state index in [9.17, 15) is 4.79 Å². The lowest BCUT2D eigenvalue weighted by atomic mass is 10.0. The van der Waals surface area contributed by atoms with E-state index in [-0.39, 0.29) is 12.1 Å². The van der Waals surface area contributed by atoms with Gasteiger partial charge in [-0.1, -0.05) is 31.2 Å². The molecule has 1 fully saturated rings. The van der Waals surface area contributed by atoms with E-state index >= 15 is 0 Å². The Balaban J connectivity index is 1.92. The van der Waals surface area contributed by atoms with E-state index in [1.54, 1.807) is 4.90 Å². The minimum Gasteiger partial charge on any atom is -0.385 e. The average Bonchev–Trinajstić information content (AvgIpc) is 3.19. The number of nitrogens with two attached hydrogens (primary N) is 1. The average molecular weight is 257 g/mol. The summed E-state index contributed by atoms with van der Waals surface area (Å²) < 4.78 is 0. The Bertz CT molecular complexity index is 534. The van der Waals surface area contributed by atoms with Crippen LogP contribution in [-0.2, 0) is 0 Å². The maximum Gasteiger partial charge on any atom is 0.346 e. The Hall–Kier alpha value is -1.84. The first-order valence-electron chi connectivity index (χ1n) is 6.95. The second-order valence-corrected chi connectivity index (χ2v) is 5.36. The zero-order valence-electron chi connectivity index (χ0n) is 11.2. The smallest absolute Gasteiger partial charge is 0.346 e. The molecular weight excluding hydrogens is 238 g/mol. The molecule has 1 heterocycles. The van der Waals surface area contributed by atoms with Gasteiger partial charge in [-0.05, 0) is 36.3 Å². The molecule has 1 atom stereocenters. The van der Waals surface area contributed by atoms with Crippen LogP contribution in [0.25, 0.3) is 0 Å². The Labute approximate surface area is 113 Å². The Morgan fingerprint density at radius 3 is 2.79 bits per heavy atom. The third-order valence-corrected chi connectivity index (χ3v) is 3.80. The predicted molar refractivity (Wildman–Crippen MR) is 75.2 cm³/mol. The van der Waals surface area contributed by atoms with Crippen LogP contribution in [0.3, 0.4) is 0 Å². The van der Waals surface area contributed by atoms with Gasteiger partial charge in [0.1, 0.15) is 11.9 Å². The number of amidine groups is 1. The van der Waals surface area contributed by atoms with E-state index in [2.05, 4.69) is 30.1 Å². The summed E-state index contributed by atoms with van der Waals surface area (Å²) in [6.45, 7) is 2.75. The molecule has 2 amide bonds. The molecule has 0 radical (unpaired) electrons. The molecule has 0 saturated heterocycles. The summed E-state index contributed by atoms with van der Waals surface area (Å²) in [5.74, 6) is 1.13. The second kappa shape index (κ2) is 4.68. The molecule has 19 heavy (non-hydrogen) atoms. The van der Waals surface area contributed by atoms with Crippen LogP contribution in [-0.4, -0.2) is 23.3 Å². The fourth-order valence-electron chi connectivity index (χ4n) is 2.72. The quantitative estimate of drug-likeness (QED) is 0.901. The van der Waals surface area contributed by atoms with Gasteiger partial charge in [0, 0.05) is 6.54 Å². The maximum absolute atomic E-state index is 11.8. The SMILES string of the molecule is CCCN1C(=O)N=C(N)C1c1cccc(C2CC2)c1. The van der Waals surface area contributed by atoms with Crippen molar-refractivity contribution in [1.82, 2.24) is 4.90 Å². The lowest BCUT2D eigenvalue weighted by Crippen LogP contribution is -2.33. The van der Waals surface area contributed by atoms with Crippen LogP contribution in [0.5, 0.6) is 0 Å². The van der Waals surface area contributed by atoms with Crippen molar-refractivity contribution in [3.63, 3.8) is 0 Å². The topological polar surface area (TPSA) is 58.7 Å². The van der Waals surface area contributed by atoms with Gasteiger partial charge in [-0.15, -0.1) is 0 Å². The lowest BCUT2D eigenvalue weighted by Gasteiger charge is -2.24. The number of aliphatic imine (C=N–C) groups is 1. The first-order chi connectivity index (χ1) is 9.20. The third-order valence-electron chi connectivity index (χ3n) is 3.80. The van der Waals surface area contributed by atoms with Crippen LogP contribution < -0.4 is 5.73 Å². The molecule has 0 spiro atoms. The van der Waals surface area contributed by atoms with Gasteiger partial charge in [0.2, 0.25) is 0 Å². The molecule has 1 aliphatic heterocycles. The predicted octanol–water partition coefficient (Wildman–Crippen LogP) is 2.81. The highest BCUT2D eigenvalue weighted by atomic mass is 16.2. The number of hydrogen-bond acceptors (Lipinski definition) is 2. The molecule has 0 aromatic heterocycles. The minimum absolute atomic E-state index is 0.175. The second-order valence-electron chi connectivity index (χ2n) is 5.36. The van der Waals surface area contributed by atoms with Gasteiger partial charge in [0.15, 0.2) is 0 Å². The molecule has 1 unspecified atom stereocenters. The van der Waals surface area contributed by atoms with E-state index in [0.29, 0.717) is 18.3 Å². The van der Waals surface area contributed by atoms with E-state index in [4.69, 9.17) is 5.73 Å². The molecule has 1 aromatic rings. The van der Waals surface area contributed by atoms with Crippen molar-refractivity contribution in [3.05, 3.63) is 35.4 Å². The number of carbonyl (C=O) groups excluding carboxylic acids is 1. The normalized spacial score (nSPS) is 22.8. The fourth-order valence-corrected chi connectivity index (χ4v) is 2.72. The van der Waals surface area contributed by atoms with Crippen molar-refractivity contribution >= 4 is 11.9 Å². The fraction of sp³-hybridized carbons (Fsp3) is 0.467. The maximum atomic E-state index is 11.8. The minimum atomic E-state index is -0.207. The molecule has 4 heteroatoms. The summed E-state index contributed by atoms with van der Waals surface area (Å²) in [7, 11) is 0. The number of carbonyl (C=O) groups is 1. The molecule has 3 rings (SSSR count). The highest BCUT2D eigenvalue weighted by Crippen LogP contribution is 2.41. The number of rotatable bonds is 4. The number of hydrogen-bond donors (Lipinski definition) is 1. The van der Waals surface area contributed by atoms with E-state index in [1.165, 1.54) is 18.4 Å². The molecule has 100 valence electrons. The molecule has 2 N–H and O–H groups in total. The largest absolute Gasteiger partial charge is 0.385 e. The molecule has 4 nitrogen and oxygen atoms in total. The Morgan fingerprint density at radius 1 is 1.37 bits per heavy atom. The highest BCUT2D eigenvalue weighted by Gasteiger charge is 2.34. The van der Waals surface area contributed by atoms with E-state index in [1.807, 2.05) is 6.07 Å². The van der Waals surface area contributed by atoms with Gasteiger partial charge in [-0.3, -0.25) is 0 Å². The molecule has 1 saturated carbocycles. The molecule has 2 aliphatic rings. The number of nitrogens with zero attached hydrogens (tertiary/aromatic N) is 2. The summed E-state index contributed by atoms with van der Waals surface area (Å²) in [4.78, 5) is 17.5. The van der Waals surface area contributed by atoms with Gasteiger partial charge >= 0.3 is 6.03 Å². The van der Waals surface area contributed by atoms with Crippen molar-refractivity contribution < 1.29 is 4.79 Å². The lowest BCUT2D eigenvalue weighted by molar-refractivity contribution is 0.206. The van der Waals surface area contributed by atoms with Crippen molar-refractivity contribution in [3.8, 4) is 0 Å². The van der Waals surface area contributed by atoms with Crippen LogP contribution in [0.1, 0.15) is 49.3 Å². The molecule has 1 aromatic carbocycles. The summed E-state index contributed by atoms with van der Waals surface area (Å²) in [6, 6.07) is 8.07. The number of urea groups is 1. The summed E-state index contributed by atoms with van der Waals surface area (Å²) in [5, 5.41) is 0. The van der Waals surface area contributed by atoms with Crippen molar-refractivity contribution in [2.24, 2.45) is 10.7 Å². The van der Waals surface area contributed by atoms with Crippen LogP contribution in [0, 0.1) is 0 Å². The number of benzene rings is 1. The van der Waals surface area contributed by atoms with Crippen LogP contribution >= 0.6 is 0 Å². The monoisotopic (exact) mass is 257 g/mol.